The van der Waals surface area contributed by atoms with Crippen molar-refractivity contribution < 1.29 is 22.7 Å². The maximum Gasteiger partial charge on any atom is 0.271 e. The minimum Gasteiger partial charge on any atom is -0.472 e. The first kappa shape index (κ1) is 22.7. The van der Waals surface area contributed by atoms with Gasteiger partial charge in [-0.25, -0.2) is 17.7 Å². The second-order valence-electron chi connectivity index (χ2n) is 9.28. The molecule has 2 saturated heterocycles. The lowest BCUT2D eigenvalue weighted by molar-refractivity contribution is -0.135. The molecule has 12 heteroatoms. The van der Waals surface area contributed by atoms with Gasteiger partial charge in [0.1, 0.15) is 0 Å². The fraction of sp³-hybridized carbons (Fsp3) is 0.700. The minimum atomic E-state index is -3.19. The Balaban J connectivity index is 1.49. The number of nitrogens with one attached hydrogen (secondary N) is 1. The number of aromatic nitrogens is 2. The van der Waals surface area contributed by atoms with Crippen LogP contribution in [0.15, 0.2) is 6.20 Å². The second kappa shape index (κ2) is 8.14. The molecule has 0 aromatic carbocycles. The normalized spacial score (nSPS) is 22.2. The van der Waals surface area contributed by atoms with Crippen LogP contribution in [0.5, 0.6) is 5.75 Å². The standard InChI is InChI=1S/C20H30N6O5S/c1-13(27)24-10-14(11-24)12-26-17-16(31-20(2,3)18(26)28)9-21-19(23-17)22-15-5-7-25(8-6-15)32(4,29)30/h9,14-15H,5-8,10-12H2,1-4H3,(H,21,22,23). The Hall–Kier alpha value is -2.47. The smallest absolute Gasteiger partial charge is 0.271 e. The number of hydrogen-bond donors (Lipinski definition) is 1. The lowest BCUT2D eigenvalue weighted by Gasteiger charge is -2.44. The molecule has 4 rings (SSSR count). The second-order valence-corrected chi connectivity index (χ2v) is 11.3. The van der Waals surface area contributed by atoms with Crippen LogP contribution in [0.4, 0.5) is 11.8 Å². The van der Waals surface area contributed by atoms with E-state index in [0.29, 0.717) is 63.1 Å². The maximum absolute atomic E-state index is 13.1. The Kier molecular flexibility index (Phi) is 5.78. The molecule has 1 N–H and O–H groups in total. The molecule has 0 spiro atoms. The van der Waals surface area contributed by atoms with Crippen molar-refractivity contribution in [1.29, 1.82) is 0 Å². The number of rotatable bonds is 5. The molecular weight excluding hydrogens is 436 g/mol. The van der Waals surface area contributed by atoms with Crippen molar-refractivity contribution in [2.45, 2.75) is 45.3 Å². The van der Waals surface area contributed by atoms with Gasteiger partial charge in [-0.05, 0) is 26.7 Å². The molecule has 3 aliphatic heterocycles. The number of amides is 2. The summed E-state index contributed by atoms with van der Waals surface area (Å²) >= 11 is 0. The minimum absolute atomic E-state index is 0.0333. The van der Waals surface area contributed by atoms with E-state index in [-0.39, 0.29) is 23.8 Å². The van der Waals surface area contributed by atoms with E-state index in [2.05, 4.69) is 15.3 Å². The molecule has 1 aromatic rings. The van der Waals surface area contributed by atoms with Gasteiger partial charge in [-0.2, -0.15) is 4.98 Å². The molecule has 3 aliphatic rings. The Labute approximate surface area is 188 Å². The molecule has 0 atom stereocenters. The van der Waals surface area contributed by atoms with Crippen molar-refractivity contribution in [3.8, 4) is 5.75 Å². The predicted molar refractivity (Wildman–Crippen MR) is 118 cm³/mol. The van der Waals surface area contributed by atoms with Crippen LogP contribution in [0.25, 0.3) is 0 Å². The Morgan fingerprint density at radius 3 is 2.53 bits per heavy atom. The topological polar surface area (TPSA) is 125 Å². The van der Waals surface area contributed by atoms with Crippen LogP contribution in [0.1, 0.15) is 33.6 Å². The molecule has 2 amide bonds. The highest BCUT2D eigenvalue weighted by atomic mass is 32.2. The third-order valence-electron chi connectivity index (χ3n) is 6.22. The first-order chi connectivity index (χ1) is 14.9. The van der Waals surface area contributed by atoms with E-state index >= 15 is 0 Å². The van der Waals surface area contributed by atoms with Crippen LogP contribution in [-0.4, -0.2) is 90.0 Å². The Morgan fingerprint density at radius 1 is 1.28 bits per heavy atom. The third-order valence-corrected chi connectivity index (χ3v) is 7.52. The summed E-state index contributed by atoms with van der Waals surface area (Å²) in [6.45, 7) is 7.54. The number of nitrogens with zero attached hydrogens (tertiary/aromatic N) is 5. The highest BCUT2D eigenvalue weighted by Gasteiger charge is 2.44. The molecule has 2 fully saturated rings. The number of anilines is 2. The van der Waals surface area contributed by atoms with Gasteiger partial charge in [0, 0.05) is 51.6 Å². The van der Waals surface area contributed by atoms with E-state index in [0.717, 1.165) is 0 Å². The number of likely N-dealkylation sites (tertiary alicyclic amines) is 1. The molecule has 4 heterocycles. The molecule has 1 aromatic heterocycles. The maximum atomic E-state index is 13.1. The van der Waals surface area contributed by atoms with Crippen molar-refractivity contribution in [1.82, 2.24) is 19.2 Å². The van der Waals surface area contributed by atoms with Gasteiger partial charge in [-0.1, -0.05) is 0 Å². The van der Waals surface area contributed by atoms with E-state index in [9.17, 15) is 18.0 Å². The summed E-state index contributed by atoms with van der Waals surface area (Å²) in [5.74, 6) is 1.26. The fourth-order valence-electron chi connectivity index (χ4n) is 4.32. The predicted octanol–water partition coefficient (Wildman–Crippen LogP) is 0.295. The summed E-state index contributed by atoms with van der Waals surface area (Å²) in [5.41, 5.74) is -1.03. The zero-order chi connectivity index (χ0) is 23.3. The SMILES string of the molecule is CC(=O)N1CC(CN2C(=O)C(C)(C)Oc3cnc(NC4CCN(S(C)(=O)=O)CC4)nc32)C1. The molecular formula is C20H30N6O5S. The number of carbonyl (C=O) groups is 2. The van der Waals surface area contributed by atoms with Gasteiger partial charge in [0.2, 0.25) is 21.9 Å². The fourth-order valence-corrected chi connectivity index (χ4v) is 5.19. The van der Waals surface area contributed by atoms with Crippen molar-refractivity contribution in [2.75, 3.05) is 49.2 Å². The van der Waals surface area contributed by atoms with Crippen molar-refractivity contribution in [3.63, 3.8) is 0 Å². The number of sulfonamides is 1. The number of ether oxygens (including phenoxy) is 1. The van der Waals surface area contributed by atoms with Crippen molar-refractivity contribution >= 4 is 33.6 Å². The van der Waals surface area contributed by atoms with Gasteiger partial charge in [0.05, 0.1) is 12.5 Å². The third kappa shape index (κ3) is 4.51. The molecule has 176 valence electrons. The highest BCUT2D eigenvalue weighted by molar-refractivity contribution is 7.88. The van der Waals surface area contributed by atoms with E-state index < -0.39 is 15.6 Å². The van der Waals surface area contributed by atoms with Crippen LogP contribution in [0, 0.1) is 5.92 Å². The molecule has 0 radical (unpaired) electrons. The monoisotopic (exact) mass is 466 g/mol. The van der Waals surface area contributed by atoms with Gasteiger partial charge in [-0.15, -0.1) is 0 Å². The van der Waals surface area contributed by atoms with Crippen molar-refractivity contribution in [2.24, 2.45) is 5.92 Å². The Morgan fingerprint density at radius 2 is 1.94 bits per heavy atom. The number of carbonyl (C=O) groups excluding carboxylic acids is 2. The van der Waals surface area contributed by atoms with Crippen molar-refractivity contribution in [3.05, 3.63) is 6.20 Å². The van der Waals surface area contributed by atoms with Crippen LogP contribution >= 0.6 is 0 Å². The molecule has 0 bridgehead atoms. The number of fused-ring (bicyclic) bond motifs is 1. The zero-order valence-corrected chi connectivity index (χ0v) is 19.7. The number of hydrogen-bond acceptors (Lipinski definition) is 8. The van der Waals surface area contributed by atoms with E-state index in [1.807, 2.05) is 0 Å². The van der Waals surface area contributed by atoms with Crippen LogP contribution in [-0.2, 0) is 19.6 Å². The molecule has 11 nitrogen and oxygen atoms in total. The van der Waals surface area contributed by atoms with Crippen LogP contribution < -0.4 is 15.0 Å². The van der Waals surface area contributed by atoms with Gasteiger partial charge < -0.3 is 15.0 Å². The number of piperidine rings is 1. The molecule has 0 aliphatic carbocycles. The lowest BCUT2D eigenvalue weighted by atomic mass is 9.97. The summed E-state index contributed by atoms with van der Waals surface area (Å²) in [6, 6.07) is 0.0342. The quantitative estimate of drug-likeness (QED) is 0.657. The largest absolute Gasteiger partial charge is 0.472 e. The molecule has 0 unspecified atom stereocenters. The van der Waals surface area contributed by atoms with Gasteiger partial charge >= 0.3 is 0 Å². The van der Waals surface area contributed by atoms with E-state index in [1.54, 1.807) is 36.8 Å². The van der Waals surface area contributed by atoms with E-state index in [4.69, 9.17) is 4.74 Å². The van der Waals surface area contributed by atoms with Gasteiger partial charge in [0.25, 0.3) is 5.91 Å². The summed E-state index contributed by atoms with van der Waals surface area (Å²) < 4.78 is 30.8. The first-order valence-electron chi connectivity index (χ1n) is 10.8. The van der Waals surface area contributed by atoms with E-state index in [1.165, 1.54) is 10.6 Å². The Bertz CT molecular complexity index is 1020. The first-order valence-corrected chi connectivity index (χ1v) is 12.6. The van der Waals surface area contributed by atoms with Gasteiger partial charge in [-0.3, -0.25) is 14.5 Å². The molecule has 0 saturated carbocycles. The molecule has 32 heavy (non-hydrogen) atoms. The summed E-state index contributed by atoms with van der Waals surface area (Å²) in [4.78, 5) is 36.9. The highest BCUT2D eigenvalue weighted by Crippen LogP contribution is 2.37. The van der Waals surface area contributed by atoms with Crippen LogP contribution in [0.2, 0.25) is 0 Å². The lowest BCUT2D eigenvalue weighted by Crippen LogP contribution is -2.59. The summed E-state index contributed by atoms with van der Waals surface area (Å²) in [6.07, 6.45) is 4.07. The van der Waals surface area contributed by atoms with Gasteiger partial charge in [0.15, 0.2) is 17.2 Å². The summed E-state index contributed by atoms with van der Waals surface area (Å²) in [5, 5.41) is 3.27. The average molecular weight is 467 g/mol. The summed E-state index contributed by atoms with van der Waals surface area (Å²) in [7, 11) is -3.19. The van der Waals surface area contributed by atoms with Crippen LogP contribution in [0.3, 0.4) is 0 Å². The zero-order valence-electron chi connectivity index (χ0n) is 18.9. The average Bonchev–Trinajstić information content (AvgIpc) is 2.66.